The van der Waals surface area contributed by atoms with Crippen LogP contribution in [0.25, 0.3) is 0 Å². The predicted octanol–water partition coefficient (Wildman–Crippen LogP) is 3.36. The third-order valence-corrected chi connectivity index (χ3v) is 3.72. The molecule has 1 aromatic heterocycles. The fraction of sp³-hybridized carbons (Fsp3) is 0.737. The third-order valence-electron chi connectivity index (χ3n) is 3.72. The Bertz CT molecular complexity index is 540. The average Bonchev–Trinajstić information content (AvgIpc) is 2.53. The van der Waals surface area contributed by atoms with Crippen LogP contribution in [0.4, 0.5) is 0 Å². The van der Waals surface area contributed by atoms with Gasteiger partial charge in [-0.2, -0.15) is 5.06 Å². The van der Waals surface area contributed by atoms with Gasteiger partial charge in [-0.25, -0.2) is 9.97 Å². The molecule has 0 aliphatic carbocycles. The number of rotatable bonds is 10. The number of unbranched alkanes of at least 4 members (excludes halogenated alkanes) is 2. The maximum atomic E-state index is 13.2. The zero-order chi connectivity index (χ0) is 19.0. The topological polar surface area (TPSA) is 81.3 Å². The molecule has 1 rings (SSSR count). The lowest BCUT2D eigenvalue weighted by molar-refractivity contribution is -0.246. The number of aromatic nitrogens is 2. The van der Waals surface area contributed by atoms with Crippen LogP contribution in [0.2, 0.25) is 0 Å². The van der Waals surface area contributed by atoms with Crippen LogP contribution < -0.4 is 5.73 Å². The quantitative estimate of drug-likeness (QED) is 0.396. The lowest BCUT2D eigenvalue weighted by Gasteiger charge is -2.37. The van der Waals surface area contributed by atoms with Gasteiger partial charge < -0.3 is 5.73 Å². The van der Waals surface area contributed by atoms with Crippen molar-refractivity contribution in [1.82, 2.24) is 15.0 Å². The lowest BCUT2D eigenvalue weighted by atomic mass is 9.97. The van der Waals surface area contributed by atoms with Crippen molar-refractivity contribution in [3.63, 3.8) is 0 Å². The standard InChI is InChI=1S/C19H34N4O2/c1-7-8-9-12-23(25-19(4,5)6)17(14(2)3)18(24)15-10-11-21-16(13-20)22-15/h10-11,14,17H,7-9,12-13,20H2,1-6H3. The Morgan fingerprint density at radius 3 is 2.52 bits per heavy atom. The van der Waals surface area contributed by atoms with Crippen molar-refractivity contribution < 1.29 is 9.63 Å². The van der Waals surface area contributed by atoms with Crippen LogP contribution in [-0.4, -0.2) is 39.0 Å². The molecule has 0 aliphatic rings. The van der Waals surface area contributed by atoms with E-state index in [1.165, 1.54) is 0 Å². The van der Waals surface area contributed by atoms with Crippen LogP contribution in [0.5, 0.6) is 0 Å². The summed E-state index contributed by atoms with van der Waals surface area (Å²) in [6.45, 7) is 13.2. The monoisotopic (exact) mass is 350 g/mol. The first-order chi connectivity index (χ1) is 11.7. The van der Waals surface area contributed by atoms with Crippen LogP contribution in [0.1, 0.15) is 77.1 Å². The summed E-state index contributed by atoms with van der Waals surface area (Å²) in [6.07, 6.45) is 4.80. The van der Waals surface area contributed by atoms with Gasteiger partial charge in [0.05, 0.1) is 12.1 Å². The van der Waals surface area contributed by atoms with E-state index in [9.17, 15) is 4.79 Å². The Labute approximate surface area is 152 Å². The lowest BCUT2D eigenvalue weighted by Crippen LogP contribution is -2.48. The molecule has 0 radical (unpaired) electrons. The molecule has 2 N–H and O–H groups in total. The number of carbonyl (C=O) groups is 1. The van der Waals surface area contributed by atoms with E-state index >= 15 is 0 Å². The molecule has 142 valence electrons. The second-order valence-electron chi connectivity index (χ2n) is 7.67. The van der Waals surface area contributed by atoms with Crippen LogP contribution in [0.3, 0.4) is 0 Å². The first-order valence-corrected chi connectivity index (χ1v) is 9.21. The molecule has 1 atom stereocenters. The van der Waals surface area contributed by atoms with Crippen molar-refractivity contribution >= 4 is 5.78 Å². The SMILES string of the molecule is CCCCCN(OC(C)(C)C)C(C(=O)c1ccnc(CN)n1)C(C)C. The smallest absolute Gasteiger partial charge is 0.201 e. The largest absolute Gasteiger partial charge is 0.324 e. The Balaban J connectivity index is 3.10. The minimum Gasteiger partial charge on any atom is -0.324 e. The highest BCUT2D eigenvalue weighted by Gasteiger charge is 2.33. The minimum atomic E-state index is -0.392. The molecule has 0 spiro atoms. The average molecular weight is 351 g/mol. The number of hydroxylamine groups is 2. The predicted molar refractivity (Wildman–Crippen MR) is 99.9 cm³/mol. The summed E-state index contributed by atoms with van der Waals surface area (Å²) >= 11 is 0. The van der Waals surface area contributed by atoms with Crippen molar-refractivity contribution in [3.05, 3.63) is 23.8 Å². The fourth-order valence-corrected chi connectivity index (χ4v) is 2.66. The molecule has 0 fully saturated rings. The molecule has 6 heteroatoms. The van der Waals surface area contributed by atoms with E-state index in [4.69, 9.17) is 10.6 Å². The Morgan fingerprint density at radius 2 is 2.00 bits per heavy atom. The first-order valence-electron chi connectivity index (χ1n) is 9.21. The Hall–Kier alpha value is -1.37. The van der Waals surface area contributed by atoms with Crippen LogP contribution in [0.15, 0.2) is 12.3 Å². The van der Waals surface area contributed by atoms with E-state index in [0.717, 1.165) is 19.3 Å². The van der Waals surface area contributed by atoms with Crippen molar-refractivity contribution in [2.45, 2.75) is 79.0 Å². The summed E-state index contributed by atoms with van der Waals surface area (Å²) in [5, 5.41) is 1.85. The third kappa shape index (κ3) is 7.18. The maximum absolute atomic E-state index is 13.2. The number of nitrogens with zero attached hydrogens (tertiary/aromatic N) is 3. The second-order valence-corrected chi connectivity index (χ2v) is 7.67. The number of hydrogen-bond donors (Lipinski definition) is 1. The fourth-order valence-electron chi connectivity index (χ4n) is 2.66. The van der Waals surface area contributed by atoms with Crippen molar-refractivity contribution in [2.75, 3.05) is 6.54 Å². The molecular weight excluding hydrogens is 316 g/mol. The Kier molecular flexibility index (Phi) is 8.62. The van der Waals surface area contributed by atoms with Gasteiger partial charge in [0, 0.05) is 12.7 Å². The van der Waals surface area contributed by atoms with E-state index in [-0.39, 0.29) is 23.8 Å². The highest BCUT2D eigenvalue weighted by atomic mass is 16.7. The van der Waals surface area contributed by atoms with Crippen LogP contribution in [0, 0.1) is 5.92 Å². The molecule has 0 amide bonds. The molecule has 0 bridgehead atoms. The summed E-state index contributed by atoms with van der Waals surface area (Å²) in [5.41, 5.74) is 5.64. The zero-order valence-corrected chi connectivity index (χ0v) is 16.6. The summed E-state index contributed by atoms with van der Waals surface area (Å²) in [5.74, 6) is 0.517. The number of carbonyl (C=O) groups excluding carboxylic acids is 1. The summed E-state index contributed by atoms with van der Waals surface area (Å²) in [7, 11) is 0. The molecule has 1 aromatic rings. The molecule has 6 nitrogen and oxygen atoms in total. The first kappa shape index (κ1) is 21.7. The summed E-state index contributed by atoms with van der Waals surface area (Å²) < 4.78 is 0. The number of hydrogen-bond acceptors (Lipinski definition) is 6. The molecular formula is C19H34N4O2. The van der Waals surface area contributed by atoms with Gasteiger partial charge in [-0.15, -0.1) is 0 Å². The summed E-state index contributed by atoms with van der Waals surface area (Å²) in [4.78, 5) is 27.7. The van der Waals surface area contributed by atoms with Gasteiger partial charge in [-0.05, 0) is 39.2 Å². The molecule has 1 heterocycles. The number of ketones is 1. The van der Waals surface area contributed by atoms with E-state index in [0.29, 0.717) is 18.1 Å². The van der Waals surface area contributed by atoms with Gasteiger partial charge in [0.25, 0.3) is 0 Å². The Morgan fingerprint density at radius 1 is 1.32 bits per heavy atom. The van der Waals surface area contributed by atoms with Gasteiger partial charge in [0.1, 0.15) is 17.6 Å². The van der Waals surface area contributed by atoms with E-state index in [1.54, 1.807) is 12.3 Å². The number of Topliss-reactive ketones (excluding diaryl/α,β-unsaturated/α-hetero) is 1. The van der Waals surface area contributed by atoms with Crippen molar-refractivity contribution in [1.29, 1.82) is 0 Å². The van der Waals surface area contributed by atoms with Crippen molar-refractivity contribution in [3.8, 4) is 0 Å². The highest BCUT2D eigenvalue weighted by Crippen LogP contribution is 2.22. The minimum absolute atomic E-state index is 0.0483. The summed E-state index contributed by atoms with van der Waals surface area (Å²) in [6, 6.07) is 1.26. The van der Waals surface area contributed by atoms with Gasteiger partial charge in [-0.1, -0.05) is 33.6 Å². The van der Waals surface area contributed by atoms with Gasteiger partial charge in [-0.3, -0.25) is 9.63 Å². The molecule has 1 unspecified atom stereocenters. The highest BCUT2D eigenvalue weighted by molar-refractivity contribution is 5.98. The maximum Gasteiger partial charge on any atom is 0.201 e. The van der Waals surface area contributed by atoms with Crippen LogP contribution >= 0.6 is 0 Å². The van der Waals surface area contributed by atoms with Crippen molar-refractivity contribution in [2.24, 2.45) is 11.7 Å². The molecule has 0 aromatic carbocycles. The van der Waals surface area contributed by atoms with Crippen LogP contribution in [-0.2, 0) is 11.4 Å². The number of nitrogens with two attached hydrogens (primary N) is 1. The second kappa shape index (κ2) is 9.94. The van der Waals surface area contributed by atoms with Gasteiger partial charge >= 0.3 is 0 Å². The molecule has 25 heavy (non-hydrogen) atoms. The van der Waals surface area contributed by atoms with Gasteiger partial charge in [0.2, 0.25) is 5.78 Å². The van der Waals surface area contributed by atoms with E-state index in [2.05, 4.69) is 16.9 Å². The van der Waals surface area contributed by atoms with E-state index < -0.39 is 6.04 Å². The zero-order valence-electron chi connectivity index (χ0n) is 16.6. The molecule has 0 saturated carbocycles. The van der Waals surface area contributed by atoms with Gasteiger partial charge in [0.15, 0.2) is 0 Å². The molecule has 0 saturated heterocycles. The van der Waals surface area contributed by atoms with E-state index in [1.807, 2.05) is 39.7 Å². The molecule has 0 aliphatic heterocycles. The normalized spacial score (nSPS) is 13.5.